The number of hydrogen-bond donors (Lipinski definition) is 0. The van der Waals surface area contributed by atoms with E-state index in [-0.39, 0.29) is 13.1 Å². The van der Waals surface area contributed by atoms with Crippen molar-refractivity contribution < 1.29 is 4.42 Å². The summed E-state index contributed by atoms with van der Waals surface area (Å²) >= 11 is 0. The first-order valence-electron chi connectivity index (χ1n) is 12.1. The fraction of sp³-hybridized carbons (Fsp3) is 0.286. The summed E-state index contributed by atoms with van der Waals surface area (Å²) in [5.41, 5.74) is 2.18. The van der Waals surface area contributed by atoms with Crippen molar-refractivity contribution in [2.24, 2.45) is 5.92 Å². The lowest BCUT2D eigenvalue weighted by Gasteiger charge is -2.14. The molecule has 3 heterocycles. The summed E-state index contributed by atoms with van der Waals surface area (Å²) < 4.78 is 9.94. The zero-order chi connectivity index (χ0) is 25.4. The fourth-order valence-electron chi connectivity index (χ4n) is 4.49. The summed E-state index contributed by atoms with van der Waals surface area (Å²) in [5.74, 6) is 0.443. The SMILES string of the molecule is Cc1ccc2c(Cn3c(=O)c4c(ncn4CCC(C)C)n(Cc4ccccc4)c3=O)cc(=O)oc2c1. The summed E-state index contributed by atoms with van der Waals surface area (Å²) in [7, 11) is 0. The molecule has 8 heteroatoms. The Kier molecular flexibility index (Phi) is 6.18. The zero-order valence-corrected chi connectivity index (χ0v) is 20.6. The number of aryl methyl sites for hydroxylation is 2. The van der Waals surface area contributed by atoms with Crippen molar-refractivity contribution in [3.8, 4) is 0 Å². The van der Waals surface area contributed by atoms with Gasteiger partial charge in [0.2, 0.25) is 0 Å². The molecule has 5 rings (SSSR count). The van der Waals surface area contributed by atoms with E-state index in [2.05, 4.69) is 18.8 Å². The van der Waals surface area contributed by atoms with Crippen LogP contribution in [-0.2, 0) is 19.6 Å². The van der Waals surface area contributed by atoms with Gasteiger partial charge in [-0.15, -0.1) is 0 Å². The van der Waals surface area contributed by atoms with E-state index < -0.39 is 16.9 Å². The van der Waals surface area contributed by atoms with Crippen LogP contribution in [0.2, 0.25) is 0 Å². The molecule has 0 aliphatic heterocycles. The summed E-state index contributed by atoms with van der Waals surface area (Å²) in [5, 5.41) is 0.689. The average Bonchev–Trinajstić information content (AvgIpc) is 3.27. The molecular weight excluding hydrogens is 456 g/mol. The number of aromatic nitrogens is 4. The molecular formula is C28H28N4O4. The van der Waals surface area contributed by atoms with Gasteiger partial charge in [0.25, 0.3) is 5.56 Å². The quantitative estimate of drug-likeness (QED) is 0.327. The van der Waals surface area contributed by atoms with Crippen molar-refractivity contribution in [1.82, 2.24) is 18.7 Å². The van der Waals surface area contributed by atoms with E-state index >= 15 is 0 Å². The highest BCUT2D eigenvalue weighted by Crippen LogP contribution is 2.19. The topological polar surface area (TPSA) is 92.0 Å². The molecule has 0 aliphatic carbocycles. The second-order valence-electron chi connectivity index (χ2n) is 9.63. The first-order valence-corrected chi connectivity index (χ1v) is 12.1. The second kappa shape index (κ2) is 9.45. The van der Waals surface area contributed by atoms with Crippen LogP contribution in [0.4, 0.5) is 0 Å². The number of nitrogens with zero attached hydrogens (tertiary/aromatic N) is 4. The maximum Gasteiger partial charge on any atom is 0.336 e. The molecule has 36 heavy (non-hydrogen) atoms. The van der Waals surface area contributed by atoms with E-state index in [4.69, 9.17) is 4.42 Å². The normalized spacial score (nSPS) is 11.7. The van der Waals surface area contributed by atoms with Crippen molar-refractivity contribution in [3.63, 3.8) is 0 Å². The van der Waals surface area contributed by atoms with Crippen LogP contribution in [-0.4, -0.2) is 18.7 Å². The first-order chi connectivity index (χ1) is 17.3. The summed E-state index contributed by atoms with van der Waals surface area (Å²) in [6.45, 7) is 6.99. The Labute approximate surface area is 207 Å². The van der Waals surface area contributed by atoms with E-state index in [9.17, 15) is 14.4 Å². The van der Waals surface area contributed by atoms with Crippen LogP contribution in [0.1, 0.15) is 37.0 Å². The Morgan fingerprint density at radius 1 is 0.944 bits per heavy atom. The minimum absolute atomic E-state index is 0.0527. The van der Waals surface area contributed by atoms with Crippen molar-refractivity contribution in [2.75, 3.05) is 0 Å². The van der Waals surface area contributed by atoms with Gasteiger partial charge in [0.1, 0.15) is 5.58 Å². The van der Waals surface area contributed by atoms with Gasteiger partial charge in [0.15, 0.2) is 11.2 Å². The molecule has 5 aromatic rings. The molecule has 0 fully saturated rings. The predicted octanol–water partition coefficient (Wildman–Crippen LogP) is 3.92. The van der Waals surface area contributed by atoms with Crippen molar-refractivity contribution in [3.05, 3.63) is 109 Å². The standard InChI is InChI=1S/C28H28N4O4/c1-18(2)11-12-30-17-29-26-25(30)27(34)32(28(35)31(26)15-20-7-5-4-6-8-20)16-21-14-24(33)36-23-13-19(3)9-10-22(21)23/h4-10,13-14,17-18H,11-12,15-16H2,1-3H3. The lowest BCUT2D eigenvalue weighted by molar-refractivity contribution is 0.520. The van der Waals surface area contributed by atoms with E-state index in [0.717, 1.165) is 17.5 Å². The highest BCUT2D eigenvalue weighted by molar-refractivity contribution is 5.81. The molecule has 0 aliphatic rings. The van der Waals surface area contributed by atoms with Gasteiger partial charge in [-0.2, -0.15) is 0 Å². The lowest BCUT2D eigenvalue weighted by Crippen LogP contribution is -2.41. The van der Waals surface area contributed by atoms with Crippen LogP contribution in [0, 0.1) is 12.8 Å². The number of hydrogen-bond acceptors (Lipinski definition) is 5. The minimum atomic E-state index is -0.524. The Bertz CT molecular complexity index is 1740. The highest BCUT2D eigenvalue weighted by atomic mass is 16.4. The third kappa shape index (κ3) is 4.42. The van der Waals surface area contributed by atoms with Crippen molar-refractivity contribution in [2.45, 2.75) is 46.8 Å². The smallest absolute Gasteiger partial charge is 0.336 e. The molecule has 8 nitrogen and oxygen atoms in total. The van der Waals surface area contributed by atoms with Gasteiger partial charge in [-0.1, -0.05) is 56.3 Å². The molecule has 0 saturated heterocycles. The van der Waals surface area contributed by atoms with Gasteiger partial charge >= 0.3 is 11.3 Å². The van der Waals surface area contributed by atoms with Gasteiger partial charge in [-0.3, -0.25) is 13.9 Å². The van der Waals surface area contributed by atoms with Crippen LogP contribution in [0.3, 0.4) is 0 Å². The van der Waals surface area contributed by atoms with E-state index in [1.165, 1.54) is 15.2 Å². The maximum atomic E-state index is 13.7. The molecule has 0 radical (unpaired) electrons. The number of benzene rings is 2. The molecule has 0 bridgehead atoms. The lowest BCUT2D eigenvalue weighted by atomic mass is 10.1. The Balaban J connectivity index is 1.73. The fourth-order valence-corrected chi connectivity index (χ4v) is 4.49. The van der Waals surface area contributed by atoms with Gasteiger partial charge in [-0.05, 0) is 42.0 Å². The van der Waals surface area contributed by atoms with Gasteiger partial charge < -0.3 is 8.98 Å². The number of imidazole rings is 1. The molecule has 0 saturated carbocycles. The van der Waals surface area contributed by atoms with Gasteiger partial charge in [0.05, 0.1) is 19.4 Å². The second-order valence-corrected chi connectivity index (χ2v) is 9.63. The maximum absolute atomic E-state index is 13.7. The first kappa shape index (κ1) is 23.5. The van der Waals surface area contributed by atoms with E-state index in [1.807, 2.05) is 54.0 Å². The molecule has 0 atom stereocenters. The Hall–Kier alpha value is -4.20. The van der Waals surface area contributed by atoms with Crippen LogP contribution in [0.25, 0.3) is 22.1 Å². The zero-order valence-electron chi connectivity index (χ0n) is 20.6. The van der Waals surface area contributed by atoms with Crippen LogP contribution in [0.5, 0.6) is 0 Å². The molecule has 184 valence electrons. The van der Waals surface area contributed by atoms with Crippen molar-refractivity contribution in [1.29, 1.82) is 0 Å². The Morgan fingerprint density at radius 2 is 1.72 bits per heavy atom. The molecule has 0 unspecified atom stereocenters. The van der Waals surface area contributed by atoms with Crippen LogP contribution < -0.4 is 16.9 Å². The molecule has 0 spiro atoms. The third-order valence-corrected chi connectivity index (χ3v) is 6.43. The number of rotatable bonds is 7. The van der Waals surface area contributed by atoms with Crippen LogP contribution in [0.15, 0.2) is 79.7 Å². The summed E-state index contributed by atoms with van der Waals surface area (Å²) in [6.07, 6.45) is 2.50. The third-order valence-electron chi connectivity index (χ3n) is 6.43. The highest BCUT2D eigenvalue weighted by Gasteiger charge is 2.20. The van der Waals surface area contributed by atoms with E-state index in [0.29, 0.717) is 40.2 Å². The van der Waals surface area contributed by atoms with Crippen LogP contribution >= 0.6 is 0 Å². The largest absolute Gasteiger partial charge is 0.423 e. The Morgan fingerprint density at radius 3 is 2.47 bits per heavy atom. The summed E-state index contributed by atoms with van der Waals surface area (Å²) in [6, 6.07) is 16.5. The molecule has 0 amide bonds. The number of fused-ring (bicyclic) bond motifs is 2. The molecule has 0 N–H and O–H groups in total. The minimum Gasteiger partial charge on any atom is -0.423 e. The van der Waals surface area contributed by atoms with Crippen molar-refractivity contribution >= 4 is 22.1 Å². The average molecular weight is 485 g/mol. The van der Waals surface area contributed by atoms with Gasteiger partial charge in [0, 0.05) is 18.0 Å². The predicted molar refractivity (Wildman–Crippen MR) is 140 cm³/mol. The molecule has 3 aromatic heterocycles. The summed E-state index contributed by atoms with van der Waals surface area (Å²) in [4.78, 5) is 44.3. The van der Waals surface area contributed by atoms with E-state index in [1.54, 1.807) is 12.4 Å². The van der Waals surface area contributed by atoms with Gasteiger partial charge in [-0.25, -0.2) is 14.6 Å². The molecule has 2 aromatic carbocycles. The monoisotopic (exact) mass is 484 g/mol.